The molecule has 1 N–H and O–H groups in total. The highest BCUT2D eigenvalue weighted by Gasteiger charge is 2.28. The highest BCUT2D eigenvalue weighted by Crippen LogP contribution is 2.33. The third-order valence-corrected chi connectivity index (χ3v) is 3.95. The molecule has 0 radical (unpaired) electrons. The molecule has 0 amide bonds. The van der Waals surface area contributed by atoms with Crippen molar-refractivity contribution < 1.29 is 14.2 Å². The molecule has 1 aromatic carbocycles. The molecule has 0 aromatic heterocycles. The number of benzene rings is 1. The lowest BCUT2D eigenvalue weighted by molar-refractivity contribution is 0.0515. The molecule has 2 nitrogen and oxygen atoms in total. The van der Waals surface area contributed by atoms with Gasteiger partial charge in [-0.1, -0.05) is 19.1 Å². The van der Waals surface area contributed by atoms with Gasteiger partial charge in [-0.05, 0) is 49.1 Å². The highest BCUT2D eigenvalue weighted by atomic mass is 19.1. The summed E-state index contributed by atoms with van der Waals surface area (Å²) >= 11 is 0. The molecular weight excluding hydrogens is 231 g/mol. The van der Waals surface area contributed by atoms with Gasteiger partial charge in [-0.3, -0.25) is 0 Å². The van der Waals surface area contributed by atoms with Crippen molar-refractivity contribution in [2.24, 2.45) is 11.8 Å². The summed E-state index contributed by atoms with van der Waals surface area (Å²) in [5, 5.41) is 10.0. The molecule has 3 atom stereocenters. The van der Waals surface area contributed by atoms with E-state index in [9.17, 15) is 9.50 Å². The largest absolute Gasteiger partial charge is 0.494 e. The Labute approximate surface area is 108 Å². The second-order valence-corrected chi connectivity index (χ2v) is 5.38. The standard InChI is InChI=1S/C15H21FO2/c1-10-6-7-13(17)12(8-10)9-11-4-3-5-14(18-2)15(11)16/h3-5,10,12-13,17H,6-9H2,1-2H3. The minimum absolute atomic E-state index is 0.162. The number of methoxy groups -OCH3 is 1. The van der Waals surface area contributed by atoms with Crippen LogP contribution in [0.3, 0.4) is 0 Å². The Morgan fingerprint density at radius 1 is 1.39 bits per heavy atom. The number of ether oxygens (including phenoxy) is 1. The average molecular weight is 252 g/mol. The van der Waals surface area contributed by atoms with Crippen LogP contribution in [0.1, 0.15) is 31.7 Å². The second-order valence-electron chi connectivity index (χ2n) is 5.38. The maximum atomic E-state index is 14.0. The number of halogens is 1. The van der Waals surface area contributed by atoms with E-state index in [-0.39, 0.29) is 23.6 Å². The zero-order valence-corrected chi connectivity index (χ0v) is 11.0. The van der Waals surface area contributed by atoms with Gasteiger partial charge >= 0.3 is 0 Å². The van der Waals surface area contributed by atoms with E-state index in [0.717, 1.165) is 19.3 Å². The van der Waals surface area contributed by atoms with E-state index in [2.05, 4.69) is 6.92 Å². The zero-order valence-electron chi connectivity index (χ0n) is 11.0. The fourth-order valence-corrected chi connectivity index (χ4v) is 2.86. The summed E-state index contributed by atoms with van der Waals surface area (Å²) in [7, 11) is 1.47. The first-order valence-corrected chi connectivity index (χ1v) is 6.61. The molecule has 0 bridgehead atoms. The molecule has 1 aromatic rings. The summed E-state index contributed by atoms with van der Waals surface area (Å²) in [5.41, 5.74) is 0.646. The molecule has 0 heterocycles. The quantitative estimate of drug-likeness (QED) is 0.895. The summed E-state index contributed by atoms with van der Waals surface area (Å²) in [4.78, 5) is 0. The van der Waals surface area contributed by atoms with Gasteiger partial charge in [0.2, 0.25) is 0 Å². The fraction of sp³-hybridized carbons (Fsp3) is 0.600. The van der Waals surface area contributed by atoms with Crippen molar-refractivity contribution in [3.05, 3.63) is 29.6 Å². The number of rotatable bonds is 3. The molecule has 1 aliphatic carbocycles. The minimum Gasteiger partial charge on any atom is -0.494 e. The van der Waals surface area contributed by atoms with Gasteiger partial charge in [-0.2, -0.15) is 0 Å². The predicted molar refractivity (Wildman–Crippen MR) is 69.2 cm³/mol. The van der Waals surface area contributed by atoms with E-state index in [1.54, 1.807) is 18.2 Å². The molecule has 3 unspecified atom stereocenters. The van der Waals surface area contributed by atoms with Crippen LogP contribution in [-0.4, -0.2) is 18.3 Å². The summed E-state index contributed by atoms with van der Waals surface area (Å²) in [6.45, 7) is 2.20. The fourth-order valence-electron chi connectivity index (χ4n) is 2.86. The Bertz CT molecular complexity index is 405. The Hall–Kier alpha value is -1.09. The van der Waals surface area contributed by atoms with Crippen LogP contribution < -0.4 is 4.74 Å². The highest BCUT2D eigenvalue weighted by molar-refractivity contribution is 5.31. The van der Waals surface area contributed by atoms with E-state index in [1.807, 2.05) is 0 Å². The van der Waals surface area contributed by atoms with Crippen molar-refractivity contribution in [3.63, 3.8) is 0 Å². The maximum Gasteiger partial charge on any atom is 0.168 e. The Balaban J connectivity index is 2.13. The number of aliphatic hydroxyl groups excluding tert-OH is 1. The van der Waals surface area contributed by atoms with Crippen LogP contribution in [0.4, 0.5) is 4.39 Å². The van der Waals surface area contributed by atoms with Crippen LogP contribution in [0.25, 0.3) is 0 Å². The summed E-state index contributed by atoms with van der Waals surface area (Å²) in [6, 6.07) is 5.21. The lowest BCUT2D eigenvalue weighted by Crippen LogP contribution is -2.30. The monoisotopic (exact) mass is 252 g/mol. The topological polar surface area (TPSA) is 29.5 Å². The van der Waals surface area contributed by atoms with E-state index in [4.69, 9.17) is 4.74 Å². The molecule has 2 rings (SSSR count). The smallest absolute Gasteiger partial charge is 0.168 e. The van der Waals surface area contributed by atoms with Gasteiger partial charge in [0.25, 0.3) is 0 Å². The zero-order chi connectivity index (χ0) is 13.1. The van der Waals surface area contributed by atoms with Crippen LogP contribution in [0.2, 0.25) is 0 Å². The molecule has 100 valence electrons. The number of hydrogen-bond donors (Lipinski definition) is 1. The molecule has 3 heteroatoms. The first-order valence-electron chi connectivity index (χ1n) is 6.61. The van der Waals surface area contributed by atoms with E-state index >= 15 is 0 Å². The number of aliphatic hydroxyl groups is 1. The molecule has 1 saturated carbocycles. The molecular formula is C15H21FO2. The van der Waals surface area contributed by atoms with Gasteiger partial charge in [0.15, 0.2) is 11.6 Å². The van der Waals surface area contributed by atoms with Crippen molar-refractivity contribution in [1.29, 1.82) is 0 Å². The predicted octanol–water partition coefficient (Wildman–Crippen LogP) is 3.17. The van der Waals surface area contributed by atoms with Gasteiger partial charge in [0.05, 0.1) is 13.2 Å². The number of hydrogen-bond acceptors (Lipinski definition) is 2. The molecule has 0 saturated heterocycles. The summed E-state index contributed by atoms with van der Waals surface area (Å²) in [6.07, 6.45) is 3.16. The first-order chi connectivity index (χ1) is 8.61. The lowest BCUT2D eigenvalue weighted by atomic mass is 9.77. The Kier molecular flexibility index (Phi) is 4.23. The van der Waals surface area contributed by atoms with Crippen LogP contribution in [0.5, 0.6) is 5.75 Å². The van der Waals surface area contributed by atoms with Gasteiger partial charge in [0, 0.05) is 0 Å². The van der Waals surface area contributed by atoms with E-state index in [0.29, 0.717) is 17.9 Å². The minimum atomic E-state index is -0.299. The summed E-state index contributed by atoms with van der Waals surface area (Å²) < 4.78 is 19.0. The van der Waals surface area contributed by atoms with Crippen LogP contribution in [0.15, 0.2) is 18.2 Å². The third kappa shape index (κ3) is 2.83. The average Bonchev–Trinajstić information content (AvgIpc) is 2.36. The lowest BCUT2D eigenvalue weighted by Gasteiger charge is -2.31. The molecule has 0 spiro atoms. The third-order valence-electron chi connectivity index (χ3n) is 3.95. The maximum absolute atomic E-state index is 14.0. The van der Waals surface area contributed by atoms with Crippen molar-refractivity contribution in [2.45, 2.75) is 38.7 Å². The SMILES string of the molecule is COc1cccc(CC2CC(C)CCC2O)c1F. The van der Waals surface area contributed by atoms with Crippen molar-refractivity contribution in [3.8, 4) is 5.75 Å². The van der Waals surface area contributed by atoms with Gasteiger partial charge in [0.1, 0.15) is 0 Å². The van der Waals surface area contributed by atoms with Crippen LogP contribution in [-0.2, 0) is 6.42 Å². The Morgan fingerprint density at radius 2 is 2.17 bits per heavy atom. The van der Waals surface area contributed by atoms with Crippen molar-refractivity contribution >= 4 is 0 Å². The molecule has 1 fully saturated rings. The van der Waals surface area contributed by atoms with Gasteiger partial charge < -0.3 is 9.84 Å². The molecule has 1 aliphatic rings. The molecule has 18 heavy (non-hydrogen) atoms. The van der Waals surface area contributed by atoms with Crippen LogP contribution >= 0.6 is 0 Å². The van der Waals surface area contributed by atoms with Crippen LogP contribution in [0, 0.1) is 17.7 Å². The van der Waals surface area contributed by atoms with Crippen molar-refractivity contribution in [1.82, 2.24) is 0 Å². The van der Waals surface area contributed by atoms with Crippen molar-refractivity contribution in [2.75, 3.05) is 7.11 Å². The molecule has 0 aliphatic heterocycles. The Morgan fingerprint density at radius 3 is 2.89 bits per heavy atom. The van der Waals surface area contributed by atoms with Gasteiger partial charge in [-0.25, -0.2) is 4.39 Å². The second kappa shape index (κ2) is 5.70. The summed E-state index contributed by atoms with van der Waals surface area (Å²) in [5.74, 6) is 0.777. The van der Waals surface area contributed by atoms with E-state index in [1.165, 1.54) is 7.11 Å². The van der Waals surface area contributed by atoms with Gasteiger partial charge in [-0.15, -0.1) is 0 Å². The van der Waals surface area contributed by atoms with E-state index < -0.39 is 0 Å². The first kappa shape index (κ1) is 13.3. The normalized spacial score (nSPS) is 28.1.